The molecule has 130 valence electrons. The maximum absolute atomic E-state index is 12.7. The topological polar surface area (TPSA) is 9.23 Å². The number of alkyl halides is 2. The van der Waals surface area contributed by atoms with Crippen LogP contribution >= 0.6 is 0 Å². The Kier molecular flexibility index (Phi) is 6.00. The van der Waals surface area contributed by atoms with E-state index in [2.05, 4.69) is 53.7 Å². The predicted molar refractivity (Wildman–Crippen MR) is 94.7 cm³/mol. The molecule has 0 N–H and O–H groups in total. The van der Waals surface area contributed by atoms with E-state index < -0.39 is 13.0 Å². The van der Waals surface area contributed by atoms with Crippen molar-refractivity contribution in [1.82, 2.24) is 0 Å². The molecule has 0 heterocycles. The summed E-state index contributed by atoms with van der Waals surface area (Å²) in [6.45, 7) is 16.1. The Balaban J connectivity index is 3.67. The van der Waals surface area contributed by atoms with E-state index in [1.165, 1.54) is 5.56 Å². The van der Waals surface area contributed by atoms with E-state index >= 15 is 0 Å². The van der Waals surface area contributed by atoms with Gasteiger partial charge in [0.05, 0.1) is 0 Å². The van der Waals surface area contributed by atoms with E-state index in [-0.39, 0.29) is 10.8 Å². The van der Waals surface area contributed by atoms with Crippen molar-refractivity contribution in [2.45, 2.75) is 72.6 Å². The zero-order chi connectivity index (χ0) is 18.0. The highest BCUT2D eigenvalue weighted by Gasteiger charge is 2.26. The smallest absolute Gasteiger partial charge is 0.272 e. The van der Waals surface area contributed by atoms with Crippen molar-refractivity contribution < 1.29 is 13.5 Å². The third kappa shape index (κ3) is 5.05. The highest BCUT2D eigenvalue weighted by atomic mass is 19.3. The van der Waals surface area contributed by atoms with Gasteiger partial charge in [0.15, 0.2) is 0 Å². The number of halogens is 2. The molecule has 0 aliphatic heterocycles. The minimum Gasteiger partial charge on any atom is -0.487 e. The molecule has 0 bridgehead atoms. The quantitative estimate of drug-likeness (QED) is 0.627. The fraction of sp³-hybridized carbons (Fsp3) is 0.600. The van der Waals surface area contributed by atoms with E-state index in [0.29, 0.717) is 5.75 Å². The molecule has 1 nitrogen and oxygen atoms in total. The zero-order valence-corrected chi connectivity index (χ0v) is 15.7. The summed E-state index contributed by atoms with van der Waals surface area (Å²) in [6.07, 6.45) is -0.493. The summed E-state index contributed by atoms with van der Waals surface area (Å²) in [7, 11) is 0. The molecule has 1 aromatic rings. The van der Waals surface area contributed by atoms with E-state index in [9.17, 15) is 8.78 Å². The fourth-order valence-corrected chi connectivity index (χ4v) is 2.37. The predicted octanol–water partition coefficient (Wildman–Crippen LogP) is 6.35. The van der Waals surface area contributed by atoms with E-state index in [1.807, 2.05) is 19.9 Å². The van der Waals surface area contributed by atoms with Gasteiger partial charge in [-0.05, 0) is 41.9 Å². The largest absolute Gasteiger partial charge is 0.487 e. The molecule has 1 rings (SSSR count). The lowest BCUT2D eigenvalue weighted by atomic mass is 9.78. The molecule has 0 radical (unpaired) electrons. The van der Waals surface area contributed by atoms with Crippen LogP contribution in [0.25, 0.3) is 5.57 Å². The summed E-state index contributed by atoms with van der Waals surface area (Å²) in [5, 5.41) is 0. The summed E-state index contributed by atoms with van der Waals surface area (Å²) in [6, 6.07) is 4.18. The van der Waals surface area contributed by atoms with Gasteiger partial charge in [-0.1, -0.05) is 53.7 Å². The van der Waals surface area contributed by atoms with Gasteiger partial charge < -0.3 is 4.74 Å². The van der Waals surface area contributed by atoms with Gasteiger partial charge in [0.25, 0.3) is 6.43 Å². The molecule has 0 fully saturated rings. The Labute approximate surface area is 139 Å². The van der Waals surface area contributed by atoms with Crippen LogP contribution in [-0.2, 0) is 10.8 Å². The molecule has 0 amide bonds. The first-order chi connectivity index (χ1) is 10.4. The van der Waals surface area contributed by atoms with E-state index in [1.54, 1.807) is 0 Å². The lowest BCUT2D eigenvalue weighted by Gasteiger charge is -2.29. The van der Waals surface area contributed by atoms with Gasteiger partial charge in [-0.3, -0.25) is 0 Å². The Morgan fingerprint density at radius 1 is 1.09 bits per heavy atom. The summed E-state index contributed by atoms with van der Waals surface area (Å²) < 4.78 is 30.9. The number of rotatable bonds is 4. The van der Waals surface area contributed by atoms with Crippen LogP contribution in [0.5, 0.6) is 5.75 Å². The third-order valence-corrected chi connectivity index (χ3v) is 3.97. The lowest BCUT2D eigenvalue weighted by Crippen LogP contribution is -2.20. The number of ether oxygens (including phenoxy) is 1. The van der Waals surface area contributed by atoms with Crippen molar-refractivity contribution in [2.75, 3.05) is 6.61 Å². The second-order valence-electron chi connectivity index (χ2n) is 8.07. The average molecular weight is 324 g/mol. The number of hydrogen-bond donors (Lipinski definition) is 0. The van der Waals surface area contributed by atoms with Gasteiger partial charge in [0, 0.05) is 11.1 Å². The van der Waals surface area contributed by atoms with Gasteiger partial charge in [-0.25, -0.2) is 8.78 Å². The molecular weight excluding hydrogens is 294 g/mol. The Morgan fingerprint density at radius 3 is 2.04 bits per heavy atom. The SMILES string of the molecule is C/C=C(/C)c1cc(C(C)(C)C)cc(C(C)(C)C)c1OCC(F)F. The molecule has 0 aliphatic rings. The Bertz CT molecular complexity index is 573. The van der Waals surface area contributed by atoms with E-state index in [0.717, 1.165) is 16.7 Å². The number of benzene rings is 1. The average Bonchev–Trinajstić information content (AvgIpc) is 2.41. The fourth-order valence-electron chi connectivity index (χ4n) is 2.37. The maximum Gasteiger partial charge on any atom is 0.272 e. The van der Waals surface area contributed by atoms with Crippen molar-refractivity contribution >= 4 is 5.57 Å². The van der Waals surface area contributed by atoms with Crippen LogP contribution in [-0.4, -0.2) is 13.0 Å². The molecule has 0 aromatic heterocycles. The highest BCUT2D eigenvalue weighted by Crippen LogP contribution is 2.41. The van der Waals surface area contributed by atoms with Crippen molar-refractivity contribution in [3.05, 3.63) is 34.9 Å². The van der Waals surface area contributed by atoms with Crippen molar-refractivity contribution in [2.24, 2.45) is 0 Å². The first-order valence-corrected chi connectivity index (χ1v) is 8.11. The summed E-state index contributed by atoms with van der Waals surface area (Å²) in [4.78, 5) is 0. The van der Waals surface area contributed by atoms with Crippen LogP contribution in [0.4, 0.5) is 8.78 Å². The standard InChI is InChI=1S/C20H30F2O/c1-9-13(2)15-10-14(19(3,4)5)11-16(20(6,7)8)18(15)23-12-17(21)22/h9-11,17H,12H2,1-8H3/b13-9-. The second-order valence-corrected chi connectivity index (χ2v) is 8.07. The third-order valence-electron chi connectivity index (χ3n) is 3.97. The van der Waals surface area contributed by atoms with Gasteiger partial charge >= 0.3 is 0 Å². The molecule has 0 saturated heterocycles. The van der Waals surface area contributed by atoms with Crippen molar-refractivity contribution in [1.29, 1.82) is 0 Å². The maximum atomic E-state index is 12.7. The second kappa shape index (κ2) is 7.02. The zero-order valence-electron chi connectivity index (χ0n) is 15.7. The number of hydrogen-bond acceptors (Lipinski definition) is 1. The normalized spacial score (nSPS) is 13.6. The minimum atomic E-state index is -2.48. The van der Waals surface area contributed by atoms with Crippen LogP contribution < -0.4 is 4.74 Å². The van der Waals surface area contributed by atoms with E-state index in [4.69, 9.17) is 4.74 Å². The Hall–Kier alpha value is -1.38. The molecule has 0 aliphatic carbocycles. The summed E-state index contributed by atoms with van der Waals surface area (Å²) >= 11 is 0. The van der Waals surface area contributed by atoms with Crippen LogP contribution in [0.1, 0.15) is 72.1 Å². The van der Waals surface area contributed by atoms with Crippen molar-refractivity contribution in [3.8, 4) is 5.75 Å². The van der Waals surface area contributed by atoms with Crippen molar-refractivity contribution in [3.63, 3.8) is 0 Å². The molecular formula is C20H30F2O. The molecule has 3 heteroatoms. The van der Waals surface area contributed by atoms with Crippen LogP contribution in [0.15, 0.2) is 18.2 Å². The lowest BCUT2D eigenvalue weighted by molar-refractivity contribution is 0.0807. The van der Waals surface area contributed by atoms with Crippen LogP contribution in [0, 0.1) is 0 Å². The summed E-state index contributed by atoms with van der Waals surface area (Å²) in [5.74, 6) is 0.585. The van der Waals surface area contributed by atoms with Crippen LogP contribution in [0.2, 0.25) is 0 Å². The first kappa shape index (κ1) is 19.7. The molecule has 0 atom stereocenters. The Morgan fingerprint density at radius 2 is 1.65 bits per heavy atom. The monoisotopic (exact) mass is 324 g/mol. The van der Waals surface area contributed by atoms with Gasteiger partial charge in [-0.2, -0.15) is 0 Å². The molecule has 0 unspecified atom stereocenters. The first-order valence-electron chi connectivity index (χ1n) is 8.11. The summed E-state index contributed by atoms with van der Waals surface area (Å²) in [5.41, 5.74) is 3.88. The van der Waals surface area contributed by atoms with Gasteiger partial charge in [0.2, 0.25) is 0 Å². The molecule has 1 aromatic carbocycles. The highest BCUT2D eigenvalue weighted by molar-refractivity contribution is 5.72. The molecule has 23 heavy (non-hydrogen) atoms. The van der Waals surface area contributed by atoms with Gasteiger partial charge in [0.1, 0.15) is 12.4 Å². The molecule has 0 saturated carbocycles. The van der Waals surface area contributed by atoms with Crippen LogP contribution in [0.3, 0.4) is 0 Å². The van der Waals surface area contributed by atoms with Gasteiger partial charge in [-0.15, -0.1) is 0 Å². The number of allylic oxidation sites excluding steroid dienone is 2. The minimum absolute atomic E-state index is 0.0238. The molecule has 0 spiro atoms.